The topological polar surface area (TPSA) is 103 Å². The highest BCUT2D eigenvalue weighted by Crippen LogP contribution is 2.21. The van der Waals surface area contributed by atoms with Gasteiger partial charge in [-0.15, -0.1) is 11.8 Å². The average Bonchev–Trinajstić information content (AvgIpc) is 2.69. The quantitative estimate of drug-likeness (QED) is 0.583. The number of carbonyl (C=O) groups is 1. The van der Waals surface area contributed by atoms with Crippen LogP contribution < -0.4 is 11.1 Å². The monoisotopic (exact) mass is 395 g/mol. The van der Waals surface area contributed by atoms with Crippen molar-refractivity contribution in [1.82, 2.24) is 15.0 Å². The Morgan fingerprint density at radius 1 is 1.11 bits per heavy atom. The van der Waals surface area contributed by atoms with Crippen LogP contribution in [0, 0.1) is 6.92 Å². The maximum atomic E-state index is 11.6. The zero-order valence-corrected chi connectivity index (χ0v) is 16.5. The third-order valence-electron chi connectivity index (χ3n) is 3.94. The van der Waals surface area contributed by atoms with Crippen molar-refractivity contribution in [3.8, 4) is 0 Å². The van der Waals surface area contributed by atoms with Gasteiger partial charge < -0.3 is 15.8 Å². The Morgan fingerprint density at radius 3 is 2.71 bits per heavy atom. The fourth-order valence-corrected chi connectivity index (χ4v) is 3.39. The largest absolute Gasteiger partial charge is 0.465 e. The minimum Gasteiger partial charge on any atom is -0.465 e. The van der Waals surface area contributed by atoms with Crippen LogP contribution in [0.3, 0.4) is 0 Å². The van der Waals surface area contributed by atoms with Gasteiger partial charge in [0.2, 0.25) is 11.9 Å². The third kappa shape index (κ3) is 5.20. The van der Waals surface area contributed by atoms with E-state index in [4.69, 9.17) is 10.5 Å². The molecule has 144 valence electrons. The van der Waals surface area contributed by atoms with Crippen LogP contribution in [0.15, 0.2) is 48.5 Å². The number of para-hydroxylation sites is 1. The highest BCUT2D eigenvalue weighted by Gasteiger charge is 2.08. The molecule has 0 unspecified atom stereocenters. The van der Waals surface area contributed by atoms with Crippen molar-refractivity contribution in [2.45, 2.75) is 18.4 Å². The number of methoxy groups -OCH3 is 1. The van der Waals surface area contributed by atoms with Gasteiger partial charge in [-0.3, -0.25) is 0 Å². The van der Waals surface area contributed by atoms with Gasteiger partial charge in [0.05, 0.1) is 18.4 Å². The lowest BCUT2D eigenvalue weighted by Crippen LogP contribution is -2.07. The first-order valence-electron chi connectivity index (χ1n) is 8.63. The minimum absolute atomic E-state index is 0.175. The van der Waals surface area contributed by atoms with Crippen molar-refractivity contribution in [1.29, 1.82) is 0 Å². The van der Waals surface area contributed by atoms with E-state index in [-0.39, 0.29) is 11.9 Å². The van der Waals surface area contributed by atoms with Crippen molar-refractivity contribution in [3.63, 3.8) is 0 Å². The summed E-state index contributed by atoms with van der Waals surface area (Å²) in [5.41, 5.74) is 9.41. The first-order valence-corrected chi connectivity index (χ1v) is 9.78. The van der Waals surface area contributed by atoms with E-state index in [0.717, 1.165) is 16.8 Å². The molecule has 3 rings (SSSR count). The van der Waals surface area contributed by atoms with Crippen molar-refractivity contribution < 1.29 is 9.53 Å². The molecule has 1 heterocycles. The fraction of sp³-hybridized carbons (Fsp3) is 0.200. The minimum atomic E-state index is -0.344. The molecule has 0 bridgehead atoms. The Kier molecular flexibility index (Phi) is 6.44. The van der Waals surface area contributed by atoms with Crippen molar-refractivity contribution >= 4 is 35.3 Å². The van der Waals surface area contributed by atoms with E-state index in [1.807, 2.05) is 49.4 Å². The van der Waals surface area contributed by atoms with E-state index in [0.29, 0.717) is 28.8 Å². The molecule has 0 fully saturated rings. The number of esters is 1. The molecule has 0 amide bonds. The third-order valence-corrected chi connectivity index (χ3v) is 4.94. The highest BCUT2D eigenvalue weighted by atomic mass is 32.2. The number of aromatic nitrogens is 3. The highest BCUT2D eigenvalue weighted by molar-refractivity contribution is 7.97. The zero-order valence-electron chi connectivity index (χ0n) is 15.7. The summed E-state index contributed by atoms with van der Waals surface area (Å²) in [7, 11) is 1.37. The summed E-state index contributed by atoms with van der Waals surface area (Å²) in [6.07, 6.45) is 0. The van der Waals surface area contributed by atoms with Gasteiger partial charge in [0.25, 0.3) is 0 Å². The van der Waals surface area contributed by atoms with Gasteiger partial charge in [0, 0.05) is 11.4 Å². The molecule has 3 N–H and O–H groups in total. The molecule has 3 aromatic rings. The summed E-state index contributed by atoms with van der Waals surface area (Å²) in [5.74, 6) is 2.12. The van der Waals surface area contributed by atoms with E-state index in [1.165, 1.54) is 7.11 Å². The van der Waals surface area contributed by atoms with Crippen LogP contribution in [-0.2, 0) is 16.2 Å². The summed E-state index contributed by atoms with van der Waals surface area (Å²) in [6.45, 7) is 2.01. The lowest BCUT2D eigenvalue weighted by atomic mass is 10.1. The number of nitrogens with one attached hydrogen (secondary N) is 1. The molecule has 1 aromatic heterocycles. The summed E-state index contributed by atoms with van der Waals surface area (Å²) in [6, 6.07) is 15.2. The van der Waals surface area contributed by atoms with Crippen LogP contribution >= 0.6 is 11.8 Å². The number of anilines is 3. The Hall–Kier alpha value is -3.13. The summed E-state index contributed by atoms with van der Waals surface area (Å²) < 4.78 is 4.76. The van der Waals surface area contributed by atoms with Gasteiger partial charge in [-0.25, -0.2) is 4.79 Å². The Bertz CT molecular complexity index is 980. The van der Waals surface area contributed by atoms with Gasteiger partial charge in [-0.2, -0.15) is 15.0 Å². The smallest absolute Gasteiger partial charge is 0.337 e. The second kappa shape index (κ2) is 9.18. The molecular formula is C20H21N5O2S. The second-order valence-corrected chi connectivity index (χ2v) is 7.04. The van der Waals surface area contributed by atoms with E-state index in [9.17, 15) is 4.79 Å². The number of nitrogens with zero attached hydrogens (tertiary/aromatic N) is 3. The second-order valence-electron chi connectivity index (χ2n) is 6.06. The maximum Gasteiger partial charge on any atom is 0.337 e. The molecule has 0 saturated heterocycles. The molecular weight excluding hydrogens is 374 g/mol. The summed E-state index contributed by atoms with van der Waals surface area (Å²) >= 11 is 1.63. The van der Waals surface area contributed by atoms with E-state index < -0.39 is 0 Å². The molecule has 2 aromatic carbocycles. The van der Waals surface area contributed by atoms with Crippen molar-refractivity contribution in [3.05, 3.63) is 71.0 Å². The molecule has 8 heteroatoms. The SMILES string of the molecule is COC(=O)c1cccc(CSCc2nc(N)nc(Nc3ccccc3C)n2)c1. The normalized spacial score (nSPS) is 10.5. The number of nitrogen functional groups attached to an aromatic ring is 1. The van der Waals surface area contributed by atoms with Gasteiger partial charge in [0.15, 0.2) is 0 Å². The van der Waals surface area contributed by atoms with Gasteiger partial charge in [-0.1, -0.05) is 30.3 Å². The Morgan fingerprint density at radius 2 is 1.93 bits per heavy atom. The molecule has 7 nitrogen and oxygen atoms in total. The molecule has 0 spiro atoms. The lowest BCUT2D eigenvalue weighted by molar-refractivity contribution is 0.0600. The van der Waals surface area contributed by atoms with Crippen molar-refractivity contribution in [2.24, 2.45) is 0 Å². The Balaban J connectivity index is 1.64. The number of rotatable bonds is 7. The van der Waals surface area contributed by atoms with Crippen LogP contribution in [0.5, 0.6) is 0 Å². The van der Waals surface area contributed by atoms with Gasteiger partial charge >= 0.3 is 5.97 Å². The lowest BCUT2D eigenvalue weighted by Gasteiger charge is -2.09. The number of benzene rings is 2. The van der Waals surface area contributed by atoms with Crippen LogP contribution in [0.1, 0.15) is 27.3 Å². The van der Waals surface area contributed by atoms with Crippen LogP contribution in [0.25, 0.3) is 0 Å². The number of hydrogen-bond donors (Lipinski definition) is 2. The molecule has 0 atom stereocenters. The zero-order chi connectivity index (χ0) is 19.9. The average molecular weight is 395 g/mol. The molecule has 0 aliphatic rings. The number of carbonyl (C=O) groups excluding carboxylic acids is 1. The van der Waals surface area contributed by atoms with Crippen LogP contribution in [0.2, 0.25) is 0 Å². The molecule has 0 aliphatic heterocycles. The number of aryl methyl sites for hydroxylation is 1. The predicted octanol–water partition coefficient (Wildman–Crippen LogP) is 3.73. The number of nitrogens with two attached hydrogens (primary N) is 1. The first-order chi connectivity index (χ1) is 13.5. The van der Waals surface area contributed by atoms with Gasteiger partial charge in [-0.05, 0) is 36.2 Å². The fourth-order valence-electron chi connectivity index (χ4n) is 2.56. The molecule has 0 radical (unpaired) electrons. The van der Waals surface area contributed by atoms with Gasteiger partial charge in [0.1, 0.15) is 5.82 Å². The van der Waals surface area contributed by atoms with Crippen LogP contribution in [0.4, 0.5) is 17.6 Å². The van der Waals surface area contributed by atoms with E-state index in [2.05, 4.69) is 20.3 Å². The standard InChI is InChI=1S/C20H21N5O2S/c1-13-6-3-4-9-16(13)22-20-24-17(23-19(21)25-20)12-28-11-14-7-5-8-15(10-14)18(26)27-2/h3-10H,11-12H2,1-2H3,(H3,21,22,23,24,25). The summed E-state index contributed by atoms with van der Waals surface area (Å²) in [4.78, 5) is 24.5. The molecule has 0 saturated carbocycles. The van der Waals surface area contributed by atoms with E-state index >= 15 is 0 Å². The first kappa shape index (κ1) is 19.6. The molecule has 28 heavy (non-hydrogen) atoms. The predicted molar refractivity (Wildman–Crippen MR) is 111 cm³/mol. The summed E-state index contributed by atoms with van der Waals surface area (Å²) in [5, 5.41) is 3.19. The Labute approximate surface area is 167 Å². The molecule has 0 aliphatic carbocycles. The number of thioether (sulfide) groups is 1. The maximum absolute atomic E-state index is 11.6. The van der Waals surface area contributed by atoms with Crippen LogP contribution in [-0.4, -0.2) is 28.0 Å². The number of ether oxygens (including phenoxy) is 1. The van der Waals surface area contributed by atoms with E-state index in [1.54, 1.807) is 17.8 Å². The number of hydrogen-bond acceptors (Lipinski definition) is 8. The van der Waals surface area contributed by atoms with Crippen molar-refractivity contribution in [2.75, 3.05) is 18.2 Å².